The summed E-state index contributed by atoms with van der Waals surface area (Å²) >= 11 is 6.22. The maximum absolute atomic E-state index is 12.7. The van der Waals surface area contributed by atoms with Crippen molar-refractivity contribution in [3.63, 3.8) is 0 Å². The van der Waals surface area contributed by atoms with E-state index in [9.17, 15) is 4.79 Å². The molecule has 2 aromatic rings. The van der Waals surface area contributed by atoms with Crippen LogP contribution in [0.25, 0.3) is 0 Å². The number of anilines is 1. The van der Waals surface area contributed by atoms with Gasteiger partial charge in [0.1, 0.15) is 11.8 Å². The van der Waals surface area contributed by atoms with Gasteiger partial charge in [-0.1, -0.05) is 29.8 Å². The molecule has 1 aromatic heterocycles. The van der Waals surface area contributed by atoms with Crippen LogP contribution in [0.5, 0.6) is 0 Å². The number of hydrogen-bond donors (Lipinski definition) is 1. The average Bonchev–Trinajstić information content (AvgIpc) is 2.86. The van der Waals surface area contributed by atoms with Crippen LogP contribution < -0.4 is 5.73 Å². The molecule has 2 N–H and O–H groups in total. The Balaban J connectivity index is 1.82. The number of carbonyl (C=O) groups is 1. The maximum Gasteiger partial charge on any atom is 0.274 e. The van der Waals surface area contributed by atoms with Gasteiger partial charge in [0.25, 0.3) is 5.91 Å². The van der Waals surface area contributed by atoms with Gasteiger partial charge in [-0.05, 0) is 6.07 Å². The van der Waals surface area contributed by atoms with E-state index in [1.54, 1.807) is 11.9 Å². The molecule has 0 bridgehead atoms. The highest BCUT2D eigenvalue weighted by atomic mass is 35.5. The highest BCUT2D eigenvalue weighted by Crippen LogP contribution is 2.29. The van der Waals surface area contributed by atoms with Gasteiger partial charge >= 0.3 is 0 Å². The van der Waals surface area contributed by atoms with E-state index in [4.69, 9.17) is 22.1 Å². The molecule has 1 unspecified atom stereocenters. The highest BCUT2D eigenvalue weighted by Gasteiger charge is 2.29. The molecule has 0 saturated carbocycles. The normalized spacial score (nSPS) is 18.5. The van der Waals surface area contributed by atoms with Gasteiger partial charge in [-0.15, -0.1) is 0 Å². The minimum absolute atomic E-state index is 0.141. The van der Waals surface area contributed by atoms with Crippen LogP contribution in [0.1, 0.15) is 22.2 Å². The van der Waals surface area contributed by atoms with Crippen molar-refractivity contribution in [1.82, 2.24) is 14.7 Å². The Morgan fingerprint density at radius 1 is 1.45 bits per heavy atom. The number of hydrogen-bond acceptors (Lipinski definition) is 4. The third kappa shape index (κ3) is 2.67. The molecule has 1 aromatic carbocycles. The minimum Gasteiger partial charge on any atom is -0.396 e. The number of benzene rings is 1. The van der Waals surface area contributed by atoms with E-state index in [0.717, 1.165) is 5.56 Å². The molecule has 116 valence electrons. The van der Waals surface area contributed by atoms with Gasteiger partial charge in [-0.3, -0.25) is 9.48 Å². The van der Waals surface area contributed by atoms with E-state index < -0.39 is 0 Å². The van der Waals surface area contributed by atoms with Gasteiger partial charge < -0.3 is 15.4 Å². The summed E-state index contributed by atoms with van der Waals surface area (Å²) in [6, 6.07) is 7.51. The zero-order chi connectivity index (χ0) is 15.7. The summed E-state index contributed by atoms with van der Waals surface area (Å²) in [5, 5.41) is 4.66. The Labute approximate surface area is 133 Å². The first kappa shape index (κ1) is 14.9. The number of ether oxygens (including phenoxy) is 1. The molecular formula is C15H17ClN4O2. The van der Waals surface area contributed by atoms with E-state index in [-0.39, 0.29) is 12.0 Å². The van der Waals surface area contributed by atoms with Crippen LogP contribution in [0.2, 0.25) is 5.02 Å². The highest BCUT2D eigenvalue weighted by molar-refractivity contribution is 6.31. The minimum atomic E-state index is -0.235. The van der Waals surface area contributed by atoms with Crippen LogP contribution in [-0.2, 0) is 11.8 Å². The van der Waals surface area contributed by atoms with Crippen molar-refractivity contribution in [1.29, 1.82) is 0 Å². The molecule has 0 spiro atoms. The van der Waals surface area contributed by atoms with Gasteiger partial charge in [0, 0.05) is 24.2 Å². The second-order valence-corrected chi connectivity index (χ2v) is 5.61. The monoisotopic (exact) mass is 320 g/mol. The molecule has 1 aliphatic heterocycles. The number of halogens is 1. The summed E-state index contributed by atoms with van der Waals surface area (Å²) in [6.45, 7) is 1.41. The van der Waals surface area contributed by atoms with Crippen LogP contribution in [0, 0.1) is 0 Å². The largest absolute Gasteiger partial charge is 0.396 e. The van der Waals surface area contributed by atoms with Crippen molar-refractivity contribution in [3.8, 4) is 0 Å². The lowest BCUT2D eigenvalue weighted by atomic mass is 10.1. The van der Waals surface area contributed by atoms with E-state index in [1.165, 1.54) is 10.9 Å². The zero-order valence-electron chi connectivity index (χ0n) is 12.2. The quantitative estimate of drug-likeness (QED) is 0.916. The van der Waals surface area contributed by atoms with Crippen LogP contribution in [-0.4, -0.2) is 40.3 Å². The van der Waals surface area contributed by atoms with E-state index in [1.807, 2.05) is 24.3 Å². The Hall–Kier alpha value is -2.05. The van der Waals surface area contributed by atoms with Gasteiger partial charge in [0.2, 0.25) is 0 Å². The SMILES string of the molecule is Cn1ncc(N)c1C(=O)N1CCOC(c2ccccc2Cl)C1. The third-order valence-corrected chi connectivity index (χ3v) is 4.12. The number of rotatable bonds is 2. The Kier molecular flexibility index (Phi) is 4.04. The molecule has 22 heavy (non-hydrogen) atoms. The van der Waals surface area contributed by atoms with Crippen LogP contribution in [0.15, 0.2) is 30.5 Å². The van der Waals surface area contributed by atoms with E-state index >= 15 is 0 Å². The fraction of sp³-hybridized carbons (Fsp3) is 0.333. The molecule has 1 fully saturated rings. The lowest BCUT2D eigenvalue weighted by molar-refractivity contribution is -0.0230. The number of nitrogen functional groups attached to an aromatic ring is 1. The first-order valence-electron chi connectivity index (χ1n) is 7.00. The molecule has 2 heterocycles. The fourth-order valence-electron chi connectivity index (χ4n) is 2.62. The van der Waals surface area contributed by atoms with Gasteiger partial charge in [-0.2, -0.15) is 5.10 Å². The molecule has 0 radical (unpaired) electrons. The summed E-state index contributed by atoms with van der Waals surface area (Å²) in [5.41, 5.74) is 7.51. The predicted molar refractivity (Wildman–Crippen MR) is 83.7 cm³/mol. The number of nitrogens with zero attached hydrogens (tertiary/aromatic N) is 3. The van der Waals surface area contributed by atoms with Crippen molar-refractivity contribution in [3.05, 3.63) is 46.7 Å². The van der Waals surface area contributed by atoms with E-state index in [2.05, 4.69) is 5.10 Å². The Bertz CT molecular complexity index is 681. The van der Waals surface area contributed by atoms with Crippen LogP contribution in [0.3, 0.4) is 0 Å². The lowest BCUT2D eigenvalue weighted by Crippen LogP contribution is -2.43. The van der Waals surface area contributed by atoms with Gasteiger partial charge in [-0.25, -0.2) is 0 Å². The first-order valence-corrected chi connectivity index (χ1v) is 7.38. The van der Waals surface area contributed by atoms with Gasteiger partial charge in [0.05, 0.1) is 25.0 Å². The zero-order valence-corrected chi connectivity index (χ0v) is 13.0. The van der Waals surface area contributed by atoms with Crippen molar-refractivity contribution in [2.45, 2.75) is 6.10 Å². The number of aromatic nitrogens is 2. The summed E-state index contributed by atoms with van der Waals surface area (Å²) < 4.78 is 7.27. The second kappa shape index (κ2) is 5.98. The summed E-state index contributed by atoms with van der Waals surface area (Å²) in [4.78, 5) is 14.4. The number of amides is 1. The molecule has 1 atom stereocenters. The number of morpholine rings is 1. The van der Waals surface area contributed by atoms with Gasteiger partial charge in [0.15, 0.2) is 0 Å². The summed E-state index contributed by atoms with van der Waals surface area (Å²) in [7, 11) is 1.70. The van der Waals surface area contributed by atoms with Crippen molar-refractivity contribution >= 4 is 23.2 Å². The lowest BCUT2D eigenvalue weighted by Gasteiger charge is -2.33. The molecule has 1 amide bonds. The van der Waals surface area contributed by atoms with Crippen molar-refractivity contribution < 1.29 is 9.53 Å². The molecule has 1 saturated heterocycles. The standard InChI is InChI=1S/C15H17ClN4O2/c1-19-14(12(17)8-18-19)15(21)20-6-7-22-13(9-20)10-4-2-3-5-11(10)16/h2-5,8,13H,6-7,9,17H2,1H3. The van der Waals surface area contributed by atoms with E-state index in [0.29, 0.717) is 36.1 Å². The molecule has 0 aliphatic carbocycles. The molecular weight excluding hydrogens is 304 g/mol. The predicted octanol–water partition coefficient (Wildman–Crippen LogP) is 1.87. The average molecular weight is 321 g/mol. The topological polar surface area (TPSA) is 73.4 Å². The molecule has 3 rings (SSSR count). The molecule has 6 nitrogen and oxygen atoms in total. The maximum atomic E-state index is 12.7. The molecule has 7 heteroatoms. The van der Waals surface area contributed by atoms with Crippen molar-refractivity contribution in [2.24, 2.45) is 7.05 Å². The first-order chi connectivity index (χ1) is 10.6. The number of nitrogens with two attached hydrogens (primary N) is 1. The third-order valence-electron chi connectivity index (χ3n) is 3.78. The van der Waals surface area contributed by atoms with Crippen LogP contribution >= 0.6 is 11.6 Å². The number of aryl methyl sites for hydroxylation is 1. The number of carbonyl (C=O) groups excluding carboxylic acids is 1. The smallest absolute Gasteiger partial charge is 0.274 e. The van der Waals surface area contributed by atoms with Crippen LogP contribution in [0.4, 0.5) is 5.69 Å². The molecule has 1 aliphatic rings. The summed E-state index contributed by atoms with van der Waals surface area (Å²) in [5.74, 6) is -0.141. The Morgan fingerprint density at radius 2 is 2.23 bits per heavy atom. The fourth-order valence-corrected chi connectivity index (χ4v) is 2.88. The second-order valence-electron chi connectivity index (χ2n) is 5.20. The summed E-state index contributed by atoms with van der Waals surface area (Å²) in [6.07, 6.45) is 1.25. The Morgan fingerprint density at radius 3 is 2.91 bits per heavy atom. The van der Waals surface area contributed by atoms with Crippen molar-refractivity contribution in [2.75, 3.05) is 25.4 Å².